The van der Waals surface area contributed by atoms with Gasteiger partial charge >= 0.3 is 0 Å². The summed E-state index contributed by atoms with van der Waals surface area (Å²) in [4.78, 5) is 0. The lowest BCUT2D eigenvalue weighted by atomic mass is 9.82. The van der Waals surface area contributed by atoms with E-state index in [1.165, 1.54) is 18.9 Å². The summed E-state index contributed by atoms with van der Waals surface area (Å²) < 4.78 is 13.7. The number of halogens is 2. The second kappa shape index (κ2) is 4.58. The Labute approximate surface area is 115 Å². The van der Waals surface area contributed by atoms with E-state index in [9.17, 15) is 9.50 Å². The molecule has 2 unspecified atom stereocenters. The SMILES string of the molecule is OC1(Cc2ccc(F)c(Br)c2)CC2CCC(C1)N2. The highest BCUT2D eigenvalue weighted by Crippen LogP contribution is 2.36. The Morgan fingerprint density at radius 3 is 2.61 bits per heavy atom. The van der Waals surface area contributed by atoms with Crippen molar-refractivity contribution in [3.8, 4) is 0 Å². The Balaban J connectivity index is 1.77. The molecule has 3 rings (SSSR count). The van der Waals surface area contributed by atoms with Gasteiger partial charge in [-0.15, -0.1) is 0 Å². The van der Waals surface area contributed by atoms with E-state index in [2.05, 4.69) is 21.2 Å². The van der Waals surface area contributed by atoms with Crippen LogP contribution in [0, 0.1) is 5.82 Å². The fourth-order valence-electron chi connectivity index (χ4n) is 3.40. The summed E-state index contributed by atoms with van der Waals surface area (Å²) in [6.45, 7) is 0. The standard InChI is InChI=1S/C14H17BrFNO/c15-12-5-9(1-4-13(12)16)6-14(18)7-10-2-3-11(8-14)17-10/h1,4-5,10-11,17-18H,2-3,6-8H2. The fraction of sp³-hybridized carbons (Fsp3) is 0.571. The van der Waals surface area contributed by atoms with Gasteiger partial charge in [-0.25, -0.2) is 4.39 Å². The van der Waals surface area contributed by atoms with E-state index in [-0.39, 0.29) is 5.82 Å². The number of nitrogens with one attached hydrogen (secondary N) is 1. The summed E-state index contributed by atoms with van der Waals surface area (Å²) >= 11 is 3.20. The molecule has 0 amide bonds. The first-order chi connectivity index (χ1) is 8.54. The van der Waals surface area contributed by atoms with E-state index in [0.717, 1.165) is 18.4 Å². The van der Waals surface area contributed by atoms with Crippen LogP contribution in [0.15, 0.2) is 22.7 Å². The van der Waals surface area contributed by atoms with E-state index in [4.69, 9.17) is 0 Å². The molecule has 2 fully saturated rings. The lowest BCUT2D eigenvalue weighted by molar-refractivity contribution is -0.00611. The average molecular weight is 314 g/mol. The maximum Gasteiger partial charge on any atom is 0.137 e. The lowest BCUT2D eigenvalue weighted by Crippen LogP contribution is -2.49. The molecular weight excluding hydrogens is 297 g/mol. The van der Waals surface area contributed by atoms with Gasteiger partial charge in [-0.05, 0) is 59.3 Å². The number of rotatable bonds is 2. The number of hydrogen-bond acceptors (Lipinski definition) is 2. The molecule has 0 radical (unpaired) electrons. The van der Waals surface area contributed by atoms with Gasteiger partial charge in [-0.2, -0.15) is 0 Å². The molecule has 0 saturated carbocycles. The van der Waals surface area contributed by atoms with Crippen molar-refractivity contribution in [3.63, 3.8) is 0 Å². The molecule has 2 heterocycles. The first-order valence-electron chi connectivity index (χ1n) is 6.46. The van der Waals surface area contributed by atoms with Gasteiger partial charge in [0.25, 0.3) is 0 Å². The van der Waals surface area contributed by atoms with Crippen molar-refractivity contribution in [3.05, 3.63) is 34.1 Å². The minimum Gasteiger partial charge on any atom is -0.389 e. The van der Waals surface area contributed by atoms with Gasteiger partial charge in [0.1, 0.15) is 5.82 Å². The summed E-state index contributed by atoms with van der Waals surface area (Å²) in [5.74, 6) is -0.254. The topological polar surface area (TPSA) is 32.3 Å². The molecule has 2 aliphatic rings. The van der Waals surface area contributed by atoms with Crippen LogP contribution in [0.3, 0.4) is 0 Å². The van der Waals surface area contributed by atoms with Crippen molar-refractivity contribution in [1.29, 1.82) is 0 Å². The molecular formula is C14H17BrFNO. The van der Waals surface area contributed by atoms with Crippen molar-refractivity contribution < 1.29 is 9.50 Å². The van der Waals surface area contributed by atoms with Gasteiger partial charge < -0.3 is 10.4 Å². The van der Waals surface area contributed by atoms with Crippen LogP contribution in [0.1, 0.15) is 31.2 Å². The molecule has 2 nitrogen and oxygen atoms in total. The molecule has 1 aromatic rings. The second-order valence-corrected chi connectivity index (χ2v) is 6.55. The molecule has 2 aliphatic heterocycles. The molecule has 0 aromatic heterocycles. The molecule has 18 heavy (non-hydrogen) atoms. The second-order valence-electron chi connectivity index (χ2n) is 5.70. The van der Waals surface area contributed by atoms with Crippen molar-refractivity contribution in [1.82, 2.24) is 5.32 Å². The van der Waals surface area contributed by atoms with Gasteiger partial charge in [0.15, 0.2) is 0 Å². The number of hydrogen-bond donors (Lipinski definition) is 2. The predicted molar refractivity (Wildman–Crippen MR) is 71.9 cm³/mol. The number of piperidine rings is 1. The van der Waals surface area contributed by atoms with E-state index < -0.39 is 5.60 Å². The van der Waals surface area contributed by atoms with Gasteiger partial charge in [0.05, 0.1) is 10.1 Å². The van der Waals surface area contributed by atoms with Crippen molar-refractivity contribution >= 4 is 15.9 Å². The Morgan fingerprint density at radius 1 is 1.33 bits per heavy atom. The third-order valence-corrected chi connectivity index (χ3v) is 4.71. The molecule has 2 bridgehead atoms. The van der Waals surface area contributed by atoms with Crippen LogP contribution >= 0.6 is 15.9 Å². The predicted octanol–water partition coefficient (Wildman–Crippen LogP) is 2.78. The highest BCUT2D eigenvalue weighted by Gasteiger charge is 2.42. The molecule has 2 saturated heterocycles. The zero-order chi connectivity index (χ0) is 12.8. The normalized spacial score (nSPS) is 34.8. The largest absolute Gasteiger partial charge is 0.389 e. The Morgan fingerprint density at radius 2 is 2.00 bits per heavy atom. The monoisotopic (exact) mass is 313 g/mol. The van der Waals surface area contributed by atoms with Crippen LogP contribution < -0.4 is 5.32 Å². The number of benzene rings is 1. The van der Waals surface area contributed by atoms with Crippen LogP contribution in [-0.2, 0) is 6.42 Å². The Kier molecular flexibility index (Phi) is 3.20. The molecule has 2 N–H and O–H groups in total. The highest BCUT2D eigenvalue weighted by molar-refractivity contribution is 9.10. The van der Waals surface area contributed by atoms with Gasteiger partial charge in [0, 0.05) is 18.5 Å². The quantitative estimate of drug-likeness (QED) is 0.880. The number of fused-ring (bicyclic) bond motifs is 2. The summed E-state index contributed by atoms with van der Waals surface area (Å²) in [7, 11) is 0. The van der Waals surface area contributed by atoms with E-state index in [1.807, 2.05) is 0 Å². The third kappa shape index (κ3) is 2.46. The Hall–Kier alpha value is -0.450. The summed E-state index contributed by atoms with van der Waals surface area (Å²) in [6, 6.07) is 5.91. The smallest absolute Gasteiger partial charge is 0.137 e. The van der Waals surface area contributed by atoms with E-state index in [1.54, 1.807) is 12.1 Å². The van der Waals surface area contributed by atoms with Crippen molar-refractivity contribution in [2.24, 2.45) is 0 Å². The summed E-state index contributed by atoms with van der Waals surface area (Å²) in [5, 5.41) is 14.2. The molecule has 98 valence electrons. The van der Waals surface area contributed by atoms with Crippen LogP contribution in [0.25, 0.3) is 0 Å². The molecule has 4 heteroatoms. The average Bonchev–Trinajstić information content (AvgIpc) is 2.64. The minimum atomic E-state index is -0.631. The van der Waals surface area contributed by atoms with Crippen LogP contribution in [-0.4, -0.2) is 22.8 Å². The molecule has 0 spiro atoms. The zero-order valence-corrected chi connectivity index (χ0v) is 11.7. The summed E-state index contributed by atoms with van der Waals surface area (Å²) in [5.41, 5.74) is 0.362. The summed E-state index contributed by atoms with van der Waals surface area (Å²) in [6.07, 6.45) is 4.55. The van der Waals surface area contributed by atoms with Gasteiger partial charge in [-0.1, -0.05) is 6.07 Å². The molecule has 0 aliphatic carbocycles. The van der Waals surface area contributed by atoms with Crippen LogP contribution in [0.2, 0.25) is 0 Å². The van der Waals surface area contributed by atoms with Gasteiger partial charge in [0.2, 0.25) is 0 Å². The van der Waals surface area contributed by atoms with Crippen molar-refractivity contribution in [2.75, 3.05) is 0 Å². The van der Waals surface area contributed by atoms with Crippen molar-refractivity contribution in [2.45, 2.75) is 49.8 Å². The molecule has 2 atom stereocenters. The first kappa shape index (κ1) is 12.6. The fourth-order valence-corrected chi connectivity index (χ4v) is 3.83. The first-order valence-corrected chi connectivity index (χ1v) is 7.26. The molecule has 1 aromatic carbocycles. The highest BCUT2D eigenvalue weighted by atomic mass is 79.9. The zero-order valence-electron chi connectivity index (χ0n) is 10.1. The minimum absolute atomic E-state index is 0.254. The van der Waals surface area contributed by atoms with Crippen LogP contribution in [0.5, 0.6) is 0 Å². The number of aliphatic hydroxyl groups is 1. The third-order valence-electron chi connectivity index (χ3n) is 4.10. The Bertz CT molecular complexity index is 453. The van der Waals surface area contributed by atoms with E-state index >= 15 is 0 Å². The lowest BCUT2D eigenvalue weighted by Gasteiger charge is -2.37. The van der Waals surface area contributed by atoms with Crippen LogP contribution in [0.4, 0.5) is 4.39 Å². The van der Waals surface area contributed by atoms with E-state index in [0.29, 0.717) is 23.0 Å². The maximum absolute atomic E-state index is 13.2. The maximum atomic E-state index is 13.2. The van der Waals surface area contributed by atoms with Gasteiger partial charge in [-0.3, -0.25) is 0 Å².